The summed E-state index contributed by atoms with van der Waals surface area (Å²) in [6.07, 6.45) is 22.8. The lowest BCUT2D eigenvalue weighted by Crippen LogP contribution is -2.21. The fraction of sp³-hybridized carbons (Fsp3) is 0.786. The minimum absolute atomic E-state index is 0.0469. The van der Waals surface area contributed by atoms with E-state index in [1.165, 1.54) is 83.5 Å². The van der Waals surface area contributed by atoms with Gasteiger partial charge in [0.05, 0.1) is 31.2 Å². The average molecular weight is 477 g/mol. The van der Waals surface area contributed by atoms with Gasteiger partial charge in [0.1, 0.15) is 6.61 Å². The molecule has 0 saturated carbocycles. The summed E-state index contributed by atoms with van der Waals surface area (Å²) in [6.45, 7) is 4.79. The van der Waals surface area contributed by atoms with Crippen LogP contribution in [0, 0.1) is 5.92 Å². The van der Waals surface area contributed by atoms with Gasteiger partial charge in [0.2, 0.25) is 0 Å². The Balaban J connectivity index is 1.32. The van der Waals surface area contributed by atoms with Crippen molar-refractivity contribution in [2.75, 3.05) is 31.7 Å². The van der Waals surface area contributed by atoms with Crippen LogP contribution in [0.4, 0.5) is 10.5 Å². The van der Waals surface area contributed by atoms with Crippen molar-refractivity contribution in [2.45, 2.75) is 109 Å². The first-order valence-electron chi connectivity index (χ1n) is 13.8. The fourth-order valence-electron chi connectivity index (χ4n) is 4.42. The van der Waals surface area contributed by atoms with E-state index in [-0.39, 0.29) is 12.7 Å². The highest BCUT2D eigenvalue weighted by atomic mass is 16.6. The molecule has 1 amide bonds. The van der Waals surface area contributed by atoms with Crippen LogP contribution in [0.2, 0.25) is 0 Å². The maximum absolute atomic E-state index is 11.8. The third-order valence-electron chi connectivity index (χ3n) is 6.47. The molecule has 1 N–H and O–H groups in total. The SMILES string of the molecule is CCCCCCCCCCCCCCCCOC[C@@H]1CO[C@@H](COC(=O)Nc2cccnc2)C1. The first kappa shape index (κ1) is 28.6. The molecule has 6 nitrogen and oxygen atoms in total. The van der Waals surface area contributed by atoms with Gasteiger partial charge >= 0.3 is 6.09 Å². The van der Waals surface area contributed by atoms with E-state index in [0.717, 1.165) is 26.1 Å². The molecule has 1 aromatic rings. The zero-order valence-corrected chi connectivity index (χ0v) is 21.5. The highest BCUT2D eigenvalue weighted by Crippen LogP contribution is 2.21. The normalized spacial score (nSPS) is 17.7. The van der Waals surface area contributed by atoms with E-state index in [9.17, 15) is 4.79 Å². The summed E-state index contributed by atoms with van der Waals surface area (Å²) in [5.74, 6) is 0.390. The first-order chi connectivity index (χ1) is 16.8. The molecule has 34 heavy (non-hydrogen) atoms. The highest BCUT2D eigenvalue weighted by Gasteiger charge is 2.26. The molecule has 2 atom stereocenters. The summed E-state index contributed by atoms with van der Waals surface area (Å²) in [5, 5.41) is 2.66. The molecule has 1 aromatic heterocycles. The van der Waals surface area contributed by atoms with Crippen molar-refractivity contribution in [2.24, 2.45) is 5.92 Å². The Hall–Kier alpha value is -1.66. The predicted molar refractivity (Wildman–Crippen MR) is 138 cm³/mol. The molecular weight excluding hydrogens is 428 g/mol. The summed E-state index contributed by atoms with van der Waals surface area (Å²) in [7, 11) is 0. The number of hydrogen-bond donors (Lipinski definition) is 1. The molecule has 0 spiro atoms. The largest absolute Gasteiger partial charge is 0.447 e. The van der Waals surface area contributed by atoms with E-state index in [0.29, 0.717) is 18.2 Å². The molecule has 0 bridgehead atoms. The van der Waals surface area contributed by atoms with E-state index in [1.807, 2.05) is 0 Å². The molecule has 1 aliphatic heterocycles. The van der Waals surface area contributed by atoms with Crippen LogP contribution in [0.15, 0.2) is 24.5 Å². The third kappa shape index (κ3) is 14.6. The molecule has 2 rings (SSSR count). The Labute approximate surface area is 207 Å². The minimum atomic E-state index is -0.478. The van der Waals surface area contributed by atoms with Gasteiger partial charge < -0.3 is 14.2 Å². The summed E-state index contributed by atoms with van der Waals surface area (Å²) in [4.78, 5) is 15.8. The third-order valence-corrected chi connectivity index (χ3v) is 6.47. The Morgan fingerprint density at radius 3 is 2.24 bits per heavy atom. The monoisotopic (exact) mass is 476 g/mol. The number of carbonyl (C=O) groups excluding carboxylic acids is 1. The first-order valence-corrected chi connectivity index (χ1v) is 13.8. The van der Waals surface area contributed by atoms with Crippen LogP contribution in [-0.2, 0) is 14.2 Å². The predicted octanol–water partition coefficient (Wildman–Crippen LogP) is 7.53. The van der Waals surface area contributed by atoms with Crippen LogP contribution < -0.4 is 5.32 Å². The van der Waals surface area contributed by atoms with Crippen LogP contribution in [0.3, 0.4) is 0 Å². The minimum Gasteiger partial charge on any atom is -0.447 e. The van der Waals surface area contributed by atoms with Crippen LogP contribution in [0.5, 0.6) is 0 Å². The number of carbonyl (C=O) groups is 1. The summed E-state index contributed by atoms with van der Waals surface area (Å²) in [5.41, 5.74) is 0.620. The summed E-state index contributed by atoms with van der Waals surface area (Å²) in [6, 6.07) is 3.53. The second-order valence-electron chi connectivity index (χ2n) is 9.69. The van der Waals surface area contributed by atoms with Crippen LogP contribution >= 0.6 is 0 Å². The molecule has 1 aliphatic rings. The maximum Gasteiger partial charge on any atom is 0.411 e. The van der Waals surface area contributed by atoms with Gasteiger partial charge in [-0.05, 0) is 25.0 Å². The quantitative estimate of drug-likeness (QED) is 0.197. The Kier molecular flexibility index (Phi) is 16.5. The number of aromatic nitrogens is 1. The lowest BCUT2D eigenvalue weighted by atomic mass is 10.0. The molecule has 1 fully saturated rings. The summed E-state index contributed by atoms with van der Waals surface area (Å²) >= 11 is 0. The second-order valence-corrected chi connectivity index (χ2v) is 9.69. The number of anilines is 1. The molecular formula is C28H48N2O4. The Bertz CT molecular complexity index is 614. The van der Waals surface area contributed by atoms with Crippen molar-refractivity contribution in [1.29, 1.82) is 0 Å². The number of hydrogen-bond acceptors (Lipinski definition) is 5. The Morgan fingerprint density at radius 1 is 0.971 bits per heavy atom. The molecule has 0 aromatic carbocycles. The standard InChI is InChI=1S/C28H48N2O4/c1-2-3-4-5-6-7-8-9-10-11-12-13-14-15-19-32-22-25-20-27(33-23-25)24-34-28(31)30-26-17-16-18-29-21-26/h16-18,21,25,27H,2-15,19-20,22-24H2,1H3,(H,30,31)/t25-,27-/m1/s1. The number of nitrogens with one attached hydrogen (secondary N) is 1. The van der Waals surface area contributed by atoms with Crippen LogP contribution in [0.25, 0.3) is 0 Å². The molecule has 0 radical (unpaired) electrons. The van der Waals surface area contributed by atoms with E-state index < -0.39 is 6.09 Å². The van der Waals surface area contributed by atoms with Crippen molar-refractivity contribution in [1.82, 2.24) is 4.98 Å². The van der Waals surface area contributed by atoms with E-state index in [2.05, 4.69) is 17.2 Å². The zero-order valence-electron chi connectivity index (χ0n) is 21.5. The van der Waals surface area contributed by atoms with Crippen molar-refractivity contribution in [3.63, 3.8) is 0 Å². The molecule has 0 aliphatic carbocycles. The van der Waals surface area contributed by atoms with Crippen LogP contribution in [-0.4, -0.2) is 43.6 Å². The smallest absolute Gasteiger partial charge is 0.411 e. The molecule has 6 heteroatoms. The number of nitrogens with zero attached hydrogens (tertiary/aromatic N) is 1. The van der Waals surface area contributed by atoms with E-state index >= 15 is 0 Å². The summed E-state index contributed by atoms with van der Waals surface area (Å²) < 4.78 is 16.9. The highest BCUT2D eigenvalue weighted by molar-refractivity contribution is 5.84. The molecule has 2 heterocycles. The molecule has 194 valence electrons. The van der Waals surface area contributed by atoms with Crippen molar-refractivity contribution >= 4 is 11.8 Å². The number of pyridine rings is 1. The van der Waals surface area contributed by atoms with Crippen molar-refractivity contribution in [3.8, 4) is 0 Å². The van der Waals surface area contributed by atoms with Crippen LogP contribution in [0.1, 0.15) is 103 Å². The lowest BCUT2D eigenvalue weighted by Gasteiger charge is -2.11. The number of rotatable bonds is 20. The van der Waals surface area contributed by atoms with Gasteiger partial charge in [-0.3, -0.25) is 10.3 Å². The average Bonchev–Trinajstić information content (AvgIpc) is 3.31. The topological polar surface area (TPSA) is 69.7 Å². The van der Waals surface area contributed by atoms with Gasteiger partial charge in [-0.15, -0.1) is 0 Å². The van der Waals surface area contributed by atoms with Gasteiger partial charge in [0.25, 0.3) is 0 Å². The number of amides is 1. The van der Waals surface area contributed by atoms with Gasteiger partial charge in [0.15, 0.2) is 0 Å². The fourth-order valence-corrected chi connectivity index (χ4v) is 4.42. The Morgan fingerprint density at radius 2 is 1.62 bits per heavy atom. The van der Waals surface area contributed by atoms with Crippen molar-refractivity contribution < 1.29 is 19.0 Å². The van der Waals surface area contributed by atoms with E-state index in [4.69, 9.17) is 14.2 Å². The number of unbranched alkanes of at least 4 members (excludes halogenated alkanes) is 13. The van der Waals surface area contributed by atoms with Gasteiger partial charge in [-0.2, -0.15) is 0 Å². The van der Waals surface area contributed by atoms with Gasteiger partial charge in [-0.1, -0.05) is 90.4 Å². The lowest BCUT2D eigenvalue weighted by molar-refractivity contribution is 0.0430. The molecule has 1 saturated heterocycles. The second kappa shape index (κ2) is 19.6. The van der Waals surface area contributed by atoms with Gasteiger partial charge in [-0.25, -0.2) is 4.79 Å². The van der Waals surface area contributed by atoms with Gasteiger partial charge in [0, 0.05) is 18.7 Å². The number of ether oxygens (including phenoxy) is 3. The maximum atomic E-state index is 11.8. The van der Waals surface area contributed by atoms with E-state index in [1.54, 1.807) is 24.5 Å². The van der Waals surface area contributed by atoms with Crippen molar-refractivity contribution in [3.05, 3.63) is 24.5 Å². The zero-order chi connectivity index (χ0) is 24.1. The molecule has 0 unspecified atom stereocenters.